The van der Waals surface area contributed by atoms with Crippen LogP contribution in [0.1, 0.15) is 33.6 Å². The average molecular weight is 292 g/mol. The Morgan fingerprint density at radius 1 is 1.47 bits per heavy atom. The van der Waals surface area contributed by atoms with Crippen LogP contribution in [0.25, 0.3) is 0 Å². The molecule has 8 heteroatoms. The summed E-state index contributed by atoms with van der Waals surface area (Å²) in [5.74, 6) is 0.432. The van der Waals surface area contributed by atoms with Crippen LogP contribution in [0.3, 0.4) is 0 Å². The molecule has 0 spiro atoms. The molecule has 112 valence electrons. The monoisotopic (exact) mass is 292 g/mol. The molecule has 0 unspecified atom stereocenters. The predicted octanol–water partition coefficient (Wildman–Crippen LogP) is 0.325. The van der Waals surface area contributed by atoms with Crippen molar-refractivity contribution in [2.24, 2.45) is 22.2 Å². The first-order valence-electron chi connectivity index (χ1n) is 6.44. The highest BCUT2D eigenvalue weighted by molar-refractivity contribution is 7.87. The lowest BCUT2D eigenvalue weighted by molar-refractivity contribution is 0.228. The summed E-state index contributed by atoms with van der Waals surface area (Å²) in [6.45, 7) is 6.96. The van der Waals surface area contributed by atoms with Gasteiger partial charge < -0.3 is 10.9 Å². The van der Waals surface area contributed by atoms with Gasteiger partial charge in [-0.2, -0.15) is 12.7 Å². The highest BCUT2D eigenvalue weighted by Crippen LogP contribution is 2.31. The molecule has 0 aromatic carbocycles. The zero-order valence-corrected chi connectivity index (χ0v) is 12.6. The van der Waals surface area contributed by atoms with Crippen LogP contribution < -0.4 is 10.5 Å². The fraction of sp³-hybridized carbons (Fsp3) is 0.909. The number of oxime groups is 1. The lowest BCUT2D eigenvalue weighted by atomic mass is 9.80. The first-order chi connectivity index (χ1) is 8.71. The van der Waals surface area contributed by atoms with Crippen molar-refractivity contribution in [2.45, 2.75) is 33.6 Å². The van der Waals surface area contributed by atoms with Crippen LogP contribution >= 0.6 is 0 Å². The Labute approximate surface area is 115 Å². The van der Waals surface area contributed by atoms with Gasteiger partial charge in [0, 0.05) is 25.0 Å². The second-order valence-electron chi connectivity index (χ2n) is 5.69. The van der Waals surface area contributed by atoms with Crippen LogP contribution in [0.4, 0.5) is 0 Å². The van der Waals surface area contributed by atoms with Gasteiger partial charge in [0.25, 0.3) is 10.2 Å². The molecule has 0 radical (unpaired) electrons. The highest BCUT2D eigenvalue weighted by Gasteiger charge is 2.37. The molecule has 0 atom stereocenters. The first kappa shape index (κ1) is 16.2. The Kier molecular flexibility index (Phi) is 5.17. The molecule has 0 saturated carbocycles. The Morgan fingerprint density at radius 3 is 2.42 bits per heavy atom. The molecule has 1 saturated heterocycles. The van der Waals surface area contributed by atoms with Gasteiger partial charge in [0.1, 0.15) is 5.84 Å². The third kappa shape index (κ3) is 4.05. The number of amidine groups is 1. The van der Waals surface area contributed by atoms with E-state index in [2.05, 4.69) is 9.88 Å². The van der Waals surface area contributed by atoms with E-state index in [0.29, 0.717) is 32.5 Å². The summed E-state index contributed by atoms with van der Waals surface area (Å²) in [5.41, 5.74) is 5.22. The third-order valence-corrected chi connectivity index (χ3v) is 5.14. The van der Waals surface area contributed by atoms with Crippen molar-refractivity contribution in [3.63, 3.8) is 0 Å². The van der Waals surface area contributed by atoms with Crippen molar-refractivity contribution in [3.8, 4) is 0 Å². The van der Waals surface area contributed by atoms with Crippen molar-refractivity contribution >= 4 is 16.0 Å². The molecule has 1 rings (SSSR count). The van der Waals surface area contributed by atoms with Crippen molar-refractivity contribution < 1.29 is 13.6 Å². The lowest BCUT2D eigenvalue weighted by Gasteiger charge is -2.37. The van der Waals surface area contributed by atoms with Gasteiger partial charge in [-0.3, -0.25) is 0 Å². The van der Waals surface area contributed by atoms with Crippen LogP contribution in [0.5, 0.6) is 0 Å². The van der Waals surface area contributed by atoms with E-state index < -0.39 is 15.6 Å². The van der Waals surface area contributed by atoms with Gasteiger partial charge in [-0.15, -0.1) is 0 Å². The summed E-state index contributed by atoms with van der Waals surface area (Å²) >= 11 is 0. The zero-order chi connectivity index (χ0) is 14.7. The van der Waals surface area contributed by atoms with Crippen LogP contribution in [0, 0.1) is 11.3 Å². The zero-order valence-electron chi connectivity index (χ0n) is 11.8. The molecule has 0 bridgehead atoms. The van der Waals surface area contributed by atoms with Crippen LogP contribution in [0.15, 0.2) is 5.16 Å². The minimum absolute atomic E-state index is 0.166. The second-order valence-corrected chi connectivity index (χ2v) is 7.45. The van der Waals surface area contributed by atoms with E-state index in [4.69, 9.17) is 10.9 Å². The molecular formula is C11H24N4O3S. The topological polar surface area (TPSA) is 108 Å². The van der Waals surface area contributed by atoms with E-state index in [9.17, 15) is 8.42 Å². The molecule has 0 amide bonds. The summed E-state index contributed by atoms with van der Waals surface area (Å²) in [4.78, 5) is 0. The smallest absolute Gasteiger partial charge is 0.279 e. The molecule has 1 aliphatic heterocycles. The Morgan fingerprint density at radius 2 is 2.00 bits per heavy atom. The van der Waals surface area contributed by atoms with Crippen molar-refractivity contribution in [2.75, 3.05) is 19.6 Å². The molecule has 1 fully saturated rings. The molecule has 1 heterocycles. The summed E-state index contributed by atoms with van der Waals surface area (Å²) in [6.07, 6.45) is 1.09. The summed E-state index contributed by atoms with van der Waals surface area (Å²) < 4.78 is 28.1. The average Bonchev–Trinajstić information content (AvgIpc) is 2.36. The standard InChI is InChI=1S/C11H24N4O3S/c1-9(2)8-13-19(17,18)15-6-4-11(3,5-7-15)10(12)14-16/h9,13,16H,4-8H2,1-3H3,(H2,12,14). The predicted molar refractivity (Wildman–Crippen MR) is 74.1 cm³/mol. The summed E-state index contributed by atoms with van der Waals surface area (Å²) in [6, 6.07) is 0. The van der Waals surface area contributed by atoms with Crippen LogP contribution in [-0.2, 0) is 10.2 Å². The van der Waals surface area contributed by atoms with Gasteiger partial charge in [0.05, 0.1) is 0 Å². The normalized spacial score (nSPS) is 21.8. The van der Waals surface area contributed by atoms with Gasteiger partial charge in [-0.1, -0.05) is 25.9 Å². The van der Waals surface area contributed by atoms with Crippen molar-refractivity contribution in [1.29, 1.82) is 0 Å². The van der Waals surface area contributed by atoms with Crippen molar-refractivity contribution in [1.82, 2.24) is 9.03 Å². The Balaban J connectivity index is 2.63. The number of nitrogens with one attached hydrogen (secondary N) is 1. The number of nitrogens with zero attached hydrogens (tertiary/aromatic N) is 2. The largest absolute Gasteiger partial charge is 0.409 e. The van der Waals surface area contributed by atoms with E-state index in [0.717, 1.165) is 0 Å². The fourth-order valence-corrected chi connectivity index (χ4v) is 3.35. The Bertz CT molecular complexity index is 425. The van der Waals surface area contributed by atoms with Crippen LogP contribution in [0.2, 0.25) is 0 Å². The van der Waals surface area contributed by atoms with Gasteiger partial charge in [-0.05, 0) is 18.8 Å². The summed E-state index contributed by atoms with van der Waals surface area (Å²) in [5, 5.41) is 11.8. The maximum Gasteiger partial charge on any atom is 0.279 e. The molecule has 0 aliphatic carbocycles. The van der Waals surface area contributed by atoms with E-state index in [1.807, 2.05) is 20.8 Å². The maximum atomic E-state index is 12.0. The van der Waals surface area contributed by atoms with Crippen LogP contribution in [-0.4, -0.2) is 43.4 Å². The van der Waals surface area contributed by atoms with Gasteiger partial charge in [-0.25, -0.2) is 4.72 Å². The van der Waals surface area contributed by atoms with Gasteiger partial charge in [0.2, 0.25) is 0 Å². The second kappa shape index (κ2) is 6.06. The SMILES string of the molecule is CC(C)CNS(=O)(=O)N1CCC(C)(C(N)=NO)CC1. The Hall–Kier alpha value is -0.860. The minimum Gasteiger partial charge on any atom is -0.409 e. The molecule has 4 N–H and O–H groups in total. The highest BCUT2D eigenvalue weighted by atomic mass is 32.2. The van der Waals surface area contributed by atoms with Gasteiger partial charge in [0.15, 0.2) is 0 Å². The minimum atomic E-state index is -3.42. The molecule has 7 nitrogen and oxygen atoms in total. The molecule has 19 heavy (non-hydrogen) atoms. The molecule has 0 aromatic rings. The molecular weight excluding hydrogens is 268 g/mol. The van der Waals surface area contributed by atoms with Crippen molar-refractivity contribution in [3.05, 3.63) is 0 Å². The van der Waals surface area contributed by atoms with E-state index in [1.165, 1.54) is 4.31 Å². The molecule has 1 aliphatic rings. The number of hydrogen-bond donors (Lipinski definition) is 3. The fourth-order valence-electron chi connectivity index (χ4n) is 1.96. The lowest BCUT2D eigenvalue weighted by Crippen LogP contribution is -2.50. The van der Waals surface area contributed by atoms with E-state index >= 15 is 0 Å². The van der Waals surface area contributed by atoms with E-state index in [-0.39, 0.29) is 11.8 Å². The summed E-state index contributed by atoms with van der Waals surface area (Å²) in [7, 11) is -3.42. The third-order valence-electron chi connectivity index (χ3n) is 3.57. The van der Waals surface area contributed by atoms with Gasteiger partial charge >= 0.3 is 0 Å². The number of rotatable bonds is 5. The molecule has 0 aromatic heterocycles. The number of nitrogens with two attached hydrogens (primary N) is 1. The quantitative estimate of drug-likeness (QED) is 0.293. The first-order valence-corrected chi connectivity index (χ1v) is 7.88. The maximum absolute atomic E-state index is 12.0. The number of piperidine rings is 1. The number of hydrogen-bond acceptors (Lipinski definition) is 4. The van der Waals surface area contributed by atoms with E-state index in [1.54, 1.807) is 0 Å².